The smallest absolute Gasteiger partial charge is 0.264 e. The van der Waals surface area contributed by atoms with Gasteiger partial charge in [0.25, 0.3) is 10.1 Å². The van der Waals surface area contributed by atoms with E-state index in [1.807, 2.05) is 0 Å². The van der Waals surface area contributed by atoms with Gasteiger partial charge in [0.1, 0.15) is 0 Å². The van der Waals surface area contributed by atoms with E-state index in [9.17, 15) is 8.42 Å². The molecule has 19 heavy (non-hydrogen) atoms. The quantitative estimate of drug-likeness (QED) is 0.672. The lowest BCUT2D eigenvalue weighted by molar-refractivity contribution is -0.228. The van der Waals surface area contributed by atoms with Crippen molar-refractivity contribution in [2.45, 2.75) is 11.9 Å². The molecule has 104 valence electrons. The molecule has 0 unspecified atom stereocenters. The van der Waals surface area contributed by atoms with Crippen LogP contribution in [0.5, 0.6) is 0 Å². The maximum atomic E-state index is 11.5. The molecule has 6 saturated carbocycles. The van der Waals surface area contributed by atoms with Crippen LogP contribution in [0.25, 0.3) is 0 Å². The summed E-state index contributed by atoms with van der Waals surface area (Å²) >= 11 is 0. The number of ether oxygens (including phenoxy) is 2. The second kappa shape index (κ2) is 2.63. The van der Waals surface area contributed by atoms with Crippen molar-refractivity contribution in [3.05, 3.63) is 0 Å². The zero-order chi connectivity index (χ0) is 12.7. The first-order chi connectivity index (χ1) is 9.05. The van der Waals surface area contributed by atoms with Crippen molar-refractivity contribution >= 4 is 10.1 Å². The SMILES string of the molecule is CS(=O)(=O)O[C@H]1[C@H]2[C@@H]3[C@@H]4[C@@H]2[C@@H]2[C@@H]1[C@@H]3[C@@H]4C21OCCO1. The Morgan fingerprint density at radius 3 is 2.16 bits per heavy atom. The minimum atomic E-state index is -3.36. The van der Waals surface area contributed by atoms with Gasteiger partial charge >= 0.3 is 0 Å². The minimum Gasteiger partial charge on any atom is -0.347 e. The molecule has 1 spiro atoms. The van der Waals surface area contributed by atoms with Crippen molar-refractivity contribution in [3.63, 3.8) is 0 Å². The second-order valence-corrected chi connectivity index (χ2v) is 8.80. The lowest BCUT2D eigenvalue weighted by atomic mass is 9.41. The summed E-state index contributed by atoms with van der Waals surface area (Å²) in [6.45, 7) is 1.39. The van der Waals surface area contributed by atoms with Crippen LogP contribution in [0.1, 0.15) is 0 Å². The molecular formula is C13H16O5S. The molecule has 0 aromatic heterocycles. The first-order valence-corrected chi connectivity index (χ1v) is 9.02. The van der Waals surface area contributed by atoms with Crippen molar-refractivity contribution in [3.8, 4) is 0 Å². The fourth-order valence-corrected chi connectivity index (χ4v) is 7.93. The van der Waals surface area contributed by atoms with Gasteiger partial charge in [-0.3, -0.25) is 4.18 Å². The normalized spacial score (nSPS) is 64.8. The molecule has 5 nitrogen and oxygen atoms in total. The van der Waals surface area contributed by atoms with E-state index in [-0.39, 0.29) is 11.9 Å². The molecule has 7 aliphatic rings. The minimum absolute atomic E-state index is 0.0894. The number of rotatable bonds is 2. The highest BCUT2D eigenvalue weighted by atomic mass is 32.2. The Morgan fingerprint density at radius 2 is 1.53 bits per heavy atom. The topological polar surface area (TPSA) is 61.8 Å². The molecule has 0 amide bonds. The Labute approximate surface area is 111 Å². The highest BCUT2D eigenvalue weighted by Gasteiger charge is 2.95. The van der Waals surface area contributed by atoms with E-state index in [1.165, 1.54) is 6.26 Å². The maximum absolute atomic E-state index is 11.5. The summed E-state index contributed by atoms with van der Waals surface area (Å²) in [5, 5.41) is 0. The monoisotopic (exact) mass is 284 g/mol. The summed E-state index contributed by atoms with van der Waals surface area (Å²) in [7, 11) is -3.36. The van der Waals surface area contributed by atoms with E-state index in [4.69, 9.17) is 13.7 Å². The van der Waals surface area contributed by atoms with Gasteiger partial charge < -0.3 is 9.47 Å². The van der Waals surface area contributed by atoms with Crippen molar-refractivity contribution in [2.24, 2.45) is 47.3 Å². The van der Waals surface area contributed by atoms with Gasteiger partial charge in [0.2, 0.25) is 0 Å². The summed E-state index contributed by atoms with van der Waals surface area (Å²) < 4.78 is 40.5. The van der Waals surface area contributed by atoms with Gasteiger partial charge in [0.15, 0.2) is 5.79 Å². The van der Waals surface area contributed by atoms with E-state index >= 15 is 0 Å². The Bertz CT molecular complexity index is 594. The fourth-order valence-electron chi connectivity index (χ4n) is 7.27. The van der Waals surface area contributed by atoms with Crippen LogP contribution < -0.4 is 0 Å². The molecule has 0 aromatic rings. The molecule has 0 radical (unpaired) electrons. The van der Waals surface area contributed by atoms with Gasteiger partial charge in [0, 0.05) is 11.8 Å². The predicted molar refractivity (Wildman–Crippen MR) is 62.3 cm³/mol. The molecule has 1 saturated heterocycles. The van der Waals surface area contributed by atoms with E-state index < -0.39 is 10.1 Å². The molecule has 1 heterocycles. The van der Waals surface area contributed by atoms with Crippen LogP contribution in [0.15, 0.2) is 0 Å². The van der Waals surface area contributed by atoms with Crippen LogP contribution in [0.2, 0.25) is 0 Å². The molecule has 4 bridgehead atoms. The lowest BCUT2D eigenvalue weighted by Gasteiger charge is -2.62. The first-order valence-electron chi connectivity index (χ1n) is 7.21. The van der Waals surface area contributed by atoms with E-state index in [0.29, 0.717) is 54.6 Å². The third-order valence-electron chi connectivity index (χ3n) is 7.04. The molecule has 6 aliphatic carbocycles. The summed E-state index contributed by atoms with van der Waals surface area (Å²) in [6, 6.07) is 0. The van der Waals surface area contributed by atoms with Crippen molar-refractivity contribution < 1.29 is 22.1 Å². The van der Waals surface area contributed by atoms with Crippen LogP contribution in [-0.4, -0.2) is 39.8 Å². The maximum Gasteiger partial charge on any atom is 0.264 e. The summed E-state index contributed by atoms with van der Waals surface area (Å²) in [6.07, 6.45) is 1.08. The molecule has 7 fully saturated rings. The molecular weight excluding hydrogens is 268 g/mol. The van der Waals surface area contributed by atoms with Gasteiger partial charge in [-0.1, -0.05) is 0 Å². The van der Waals surface area contributed by atoms with Crippen molar-refractivity contribution in [2.75, 3.05) is 19.5 Å². The highest BCUT2D eigenvalue weighted by molar-refractivity contribution is 7.86. The van der Waals surface area contributed by atoms with E-state index in [1.54, 1.807) is 0 Å². The average Bonchev–Trinajstić information content (AvgIpc) is 2.95. The van der Waals surface area contributed by atoms with Crippen LogP contribution in [0.4, 0.5) is 0 Å². The molecule has 9 atom stereocenters. The second-order valence-electron chi connectivity index (χ2n) is 7.20. The third kappa shape index (κ3) is 0.820. The van der Waals surface area contributed by atoms with Gasteiger partial charge in [0.05, 0.1) is 25.6 Å². The third-order valence-corrected chi connectivity index (χ3v) is 7.61. The Balaban J connectivity index is 1.46. The zero-order valence-electron chi connectivity index (χ0n) is 10.6. The van der Waals surface area contributed by atoms with Crippen LogP contribution in [0.3, 0.4) is 0 Å². The lowest BCUT2D eigenvalue weighted by Crippen LogP contribution is -2.61. The van der Waals surface area contributed by atoms with Crippen LogP contribution in [0, 0.1) is 47.3 Å². The van der Waals surface area contributed by atoms with Gasteiger partial charge in [-0.2, -0.15) is 8.42 Å². The van der Waals surface area contributed by atoms with E-state index in [0.717, 1.165) is 5.92 Å². The van der Waals surface area contributed by atoms with Crippen LogP contribution >= 0.6 is 0 Å². The van der Waals surface area contributed by atoms with Crippen molar-refractivity contribution in [1.82, 2.24) is 0 Å². The highest BCUT2D eigenvalue weighted by Crippen LogP contribution is 2.91. The van der Waals surface area contributed by atoms with Crippen LogP contribution in [-0.2, 0) is 23.8 Å². The van der Waals surface area contributed by atoms with Crippen molar-refractivity contribution in [1.29, 1.82) is 0 Å². The fraction of sp³-hybridized carbons (Fsp3) is 1.00. The van der Waals surface area contributed by atoms with Gasteiger partial charge in [-0.05, 0) is 35.5 Å². The zero-order valence-corrected chi connectivity index (χ0v) is 11.4. The molecule has 6 heteroatoms. The standard InChI is InChI=1S/C13H16O5S/c1-19(14,15)18-12-8-4-5-7(8)11-9(12)6(4)10(5)13(11)16-2-3-17-13/h4-12H,2-3H2,1H3/t4-,5-,6-,7+,8+,9+,10-,11-,12+/m1/s1. The first kappa shape index (κ1) is 10.5. The molecule has 0 N–H and O–H groups in total. The van der Waals surface area contributed by atoms with E-state index in [2.05, 4.69) is 0 Å². The Kier molecular flexibility index (Phi) is 1.46. The van der Waals surface area contributed by atoms with Gasteiger partial charge in [-0.15, -0.1) is 0 Å². The summed E-state index contributed by atoms with van der Waals surface area (Å²) in [5.41, 5.74) is 0. The summed E-state index contributed by atoms with van der Waals surface area (Å²) in [5.74, 6) is 4.06. The molecule has 7 rings (SSSR count). The Morgan fingerprint density at radius 1 is 0.947 bits per heavy atom. The molecule has 0 aromatic carbocycles. The number of hydrogen-bond acceptors (Lipinski definition) is 5. The van der Waals surface area contributed by atoms with Gasteiger partial charge in [-0.25, -0.2) is 0 Å². The summed E-state index contributed by atoms with van der Waals surface area (Å²) in [4.78, 5) is 0. The number of hydrogen-bond donors (Lipinski definition) is 0. The average molecular weight is 284 g/mol. The Hall–Kier alpha value is -0.170. The molecule has 1 aliphatic heterocycles. The predicted octanol–water partition coefficient (Wildman–Crippen LogP) is 0.0719. The largest absolute Gasteiger partial charge is 0.347 e.